The van der Waals surface area contributed by atoms with Crippen LogP contribution >= 0.6 is 0 Å². The number of rotatable bonds is 11. The van der Waals surface area contributed by atoms with Crippen LogP contribution in [0.3, 0.4) is 0 Å². The Balaban J connectivity index is 2.69. The van der Waals surface area contributed by atoms with E-state index >= 15 is 0 Å². The quantitative estimate of drug-likeness (QED) is 0.346. The van der Waals surface area contributed by atoms with Gasteiger partial charge in [-0.25, -0.2) is 0 Å². The molecule has 0 radical (unpaired) electrons. The van der Waals surface area contributed by atoms with Gasteiger partial charge in [-0.1, -0.05) is 30.3 Å². The maximum Gasteiger partial charge on any atom is 0.314 e. The Bertz CT molecular complexity index is 613. The molecule has 0 N–H and O–H groups in total. The van der Waals surface area contributed by atoms with Crippen molar-refractivity contribution in [3.05, 3.63) is 35.9 Å². The lowest BCUT2D eigenvalue weighted by Crippen LogP contribution is -2.58. The summed E-state index contributed by atoms with van der Waals surface area (Å²) in [6, 6.07) is 11.8. The number of hydrogen-bond donors (Lipinski definition) is 0. The van der Waals surface area contributed by atoms with Gasteiger partial charge in [-0.3, -0.25) is 0 Å². The molecule has 0 aliphatic rings. The maximum atomic E-state index is 6.69. The van der Waals surface area contributed by atoms with Crippen molar-refractivity contribution < 1.29 is 16.5 Å². The third-order valence-corrected chi connectivity index (χ3v) is 21.8. The third-order valence-electron chi connectivity index (χ3n) is 3.92. The molecule has 0 spiro atoms. The van der Waals surface area contributed by atoms with Crippen molar-refractivity contribution >= 4 is 42.3 Å². The molecule has 162 valence electrons. The van der Waals surface area contributed by atoms with Crippen molar-refractivity contribution in [1.82, 2.24) is 0 Å². The Morgan fingerprint density at radius 2 is 1.00 bits per heavy atom. The number of benzene rings is 1. The molecule has 1 aromatic carbocycles. The van der Waals surface area contributed by atoms with Crippen molar-refractivity contribution in [2.45, 2.75) is 84.5 Å². The molecule has 28 heavy (non-hydrogen) atoms. The molecule has 9 heteroatoms. The molecule has 0 fully saturated rings. The van der Waals surface area contributed by atoms with Crippen LogP contribution in [0.4, 0.5) is 0 Å². The molecular weight excluding hydrogens is 433 g/mol. The highest BCUT2D eigenvalue weighted by Crippen LogP contribution is 2.27. The second kappa shape index (κ2) is 9.52. The largest absolute Gasteiger partial charge is 0.437 e. The predicted octanol–water partition coefficient (Wildman–Crippen LogP) is 6.44. The minimum absolute atomic E-state index is 1.06. The minimum atomic E-state index is -2.34. The first kappa shape index (κ1) is 26.2. The van der Waals surface area contributed by atoms with Gasteiger partial charge in [0.25, 0.3) is 0 Å². The topological polar surface area (TPSA) is 36.9 Å². The van der Waals surface area contributed by atoms with Crippen LogP contribution in [0.5, 0.6) is 0 Å². The fraction of sp³-hybridized carbons (Fsp3) is 0.684. The van der Waals surface area contributed by atoms with Gasteiger partial charge in [-0.15, -0.1) is 0 Å². The van der Waals surface area contributed by atoms with Crippen molar-refractivity contribution in [2.75, 3.05) is 0 Å². The molecule has 1 aromatic rings. The summed E-state index contributed by atoms with van der Waals surface area (Å²) < 4.78 is 26.2. The second-order valence-corrected chi connectivity index (χ2v) is 30.4. The van der Waals surface area contributed by atoms with Gasteiger partial charge in [-0.2, -0.15) is 0 Å². The molecule has 4 nitrogen and oxygen atoms in total. The smallest absolute Gasteiger partial charge is 0.314 e. The Labute approximate surface area is 179 Å². The molecule has 0 atom stereocenters. The third kappa shape index (κ3) is 11.4. The normalized spacial score (nSPS) is 14.4. The Kier molecular flexibility index (Phi) is 8.90. The van der Waals surface area contributed by atoms with E-state index in [1.54, 1.807) is 0 Å². The molecule has 0 unspecified atom stereocenters. The molecule has 0 saturated carbocycles. The average molecular weight is 475 g/mol. The zero-order chi connectivity index (χ0) is 21.9. The highest BCUT2D eigenvalue weighted by atomic mass is 28.5. The molecule has 0 amide bonds. The summed E-state index contributed by atoms with van der Waals surface area (Å²) in [7, 11) is -10.3. The summed E-state index contributed by atoms with van der Waals surface area (Å²) in [6.45, 7) is 24.1. The van der Waals surface area contributed by atoms with Gasteiger partial charge in [0.1, 0.15) is 0 Å². The van der Waals surface area contributed by atoms with E-state index in [1.807, 2.05) is 0 Å². The van der Waals surface area contributed by atoms with Gasteiger partial charge in [0.2, 0.25) is 0 Å². The predicted molar refractivity (Wildman–Crippen MR) is 133 cm³/mol. The standard InChI is InChI=1S/C19H42O4Si5/c1-24(2,3)20-26(6,7)22-28(10,11)23-27(8,9)21-25(4,5)18-17-19-15-13-12-14-16-19/h12-16H,17-18H2,1-11H3. The summed E-state index contributed by atoms with van der Waals surface area (Å²) in [5.74, 6) is 0. The summed E-state index contributed by atoms with van der Waals surface area (Å²) in [5, 5.41) is 0. The van der Waals surface area contributed by atoms with E-state index in [0.717, 1.165) is 12.5 Å². The highest BCUT2D eigenvalue weighted by molar-refractivity contribution is 6.90. The summed E-state index contributed by atoms with van der Waals surface area (Å²) >= 11 is 0. The van der Waals surface area contributed by atoms with Crippen LogP contribution in [0.15, 0.2) is 30.3 Å². The first-order valence-electron chi connectivity index (χ1n) is 10.3. The molecule has 1 rings (SSSR count). The van der Waals surface area contributed by atoms with Crippen LogP contribution in [0.1, 0.15) is 5.56 Å². The molecular formula is C19H42O4Si5. The zero-order valence-corrected chi connectivity index (χ0v) is 24.9. The van der Waals surface area contributed by atoms with Crippen LogP contribution in [0.2, 0.25) is 78.1 Å². The molecule has 0 aliphatic heterocycles. The lowest BCUT2D eigenvalue weighted by atomic mass is 10.2. The molecule has 0 aliphatic carbocycles. The van der Waals surface area contributed by atoms with E-state index in [9.17, 15) is 0 Å². The SMILES string of the molecule is C[Si](C)(C)O[Si](C)(C)O[Si](C)(C)O[Si](C)(C)O[Si](C)(C)CCc1ccccc1. The van der Waals surface area contributed by atoms with Gasteiger partial charge < -0.3 is 16.5 Å². The van der Waals surface area contributed by atoms with Gasteiger partial charge in [-0.05, 0) is 90.0 Å². The van der Waals surface area contributed by atoms with E-state index < -0.39 is 42.3 Å². The van der Waals surface area contributed by atoms with Crippen LogP contribution in [0, 0.1) is 0 Å². The van der Waals surface area contributed by atoms with E-state index in [2.05, 4.69) is 102 Å². The summed E-state index contributed by atoms with van der Waals surface area (Å²) in [6.07, 6.45) is 1.06. The lowest BCUT2D eigenvalue weighted by molar-refractivity contribution is 0.299. The van der Waals surface area contributed by atoms with E-state index in [0.29, 0.717) is 0 Å². The molecule has 0 saturated heterocycles. The van der Waals surface area contributed by atoms with Crippen LogP contribution in [0.25, 0.3) is 0 Å². The Morgan fingerprint density at radius 3 is 1.46 bits per heavy atom. The fourth-order valence-corrected chi connectivity index (χ4v) is 27.4. The second-order valence-electron chi connectivity index (χ2n) is 10.5. The number of hydrogen-bond acceptors (Lipinski definition) is 4. The van der Waals surface area contributed by atoms with Crippen molar-refractivity contribution in [3.8, 4) is 0 Å². The zero-order valence-electron chi connectivity index (χ0n) is 19.9. The van der Waals surface area contributed by atoms with Crippen LogP contribution in [-0.2, 0) is 22.9 Å². The highest BCUT2D eigenvalue weighted by Gasteiger charge is 2.45. The van der Waals surface area contributed by atoms with Gasteiger partial charge in [0.15, 0.2) is 16.6 Å². The van der Waals surface area contributed by atoms with Crippen molar-refractivity contribution in [3.63, 3.8) is 0 Å². The minimum Gasteiger partial charge on any atom is -0.437 e. The van der Waals surface area contributed by atoms with Gasteiger partial charge in [0, 0.05) is 0 Å². The maximum absolute atomic E-state index is 6.69. The van der Waals surface area contributed by atoms with Crippen molar-refractivity contribution in [1.29, 1.82) is 0 Å². The first-order valence-corrected chi connectivity index (χ1v) is 25.2. The van der Waals surface area contributed by atoms with Crippen LogP contribution in [-0.4, -0.2) is 42.3 Å². The lowest BCUT2D eigenvalue weighted by Gasteiger charge is -2.42. The Hall–Kier alpha value is 0.144. The van der Waals surface area contributed by atoms with E-state index in [-0.39, 0.29) is 0 Å². The number of aryl methyl sites for hydroxylation is 1. The monoisotopic (exact) mass is 474 g/mol. The van der Waals surface area contributed by atoms with Crippen molar-refractivity contribution in [2.24, 2.45) is 0 Å². The van der Waals surface area contributed by atoms with Gasteiger partial charge >= 0.3 is 25.7 Å². The van der Waals surface area contributed by atoms with E-state index in [4.69, 9.17) is 16.5 Å². The first-order chi connectivity index (χ1) is 12.4. The molecule has 0 aromatic heterocycles. The van der Waals surface area contributed by atoms with Gasteiger partial charge in [0.05, 0.1) is 0 Å². The summed E-state index contributed by atoms with van der Waals surface area (Å²) in [4.78, 5) is 0. The molecule has 0 heterocycles. The average Bonchev–Trinajstić information content (AvgIpc) is 2.39. The fourth-order valence-electron chi connectivity index (χ4n) is 3.79. The molecule has 0 bridgehead atoms. The van der Waals surface area contributed by atoms with Crippen LogP contribution < -0.4 is 0 Å². The Morgan fingerprint density at radius 1 is 0.571 bits per heavy atom. The summed E-state index contributed by atoms with van der Waals surface area (Å²) in [5.41, 5.74) is 1.38. The van der Waals surface area contributed by atoms with E-state index in [1.165, 1.54) is 5.56 Å².